The summed E-state index contributed by atoms with van der Waals surface area (Å²) in [5.74, 6) is 0.891. The summed E-state index contributed by atoms with van der Waals surface area (Å²) < 4.78 is 18.4. The van der Waals surface area contributed by atoms with Crippen molar-refractivity contribution >= 4 is 12.6 Å². The van der Waals surface area contributed by atoms with E-state index in [0.29, 0.717) is 13.2 Å². The van der Waals surface area contributed by atoms with Gasteiger partial charge in [-0.25, -0.2) is 0 Å². The number of fused-ring (bicyclic) bond motifs is 1. The maximum atomic E-state index is 9.83. The van der Waals surface area contributed by atoms with E-state index in [1.807, 2.05) is 12.1 Å². The number of aliphatic hydroxyl groups is 1. The number of hydrogen-bond acceptors (Lipinski definition) is 5. The third kappa shape index (κ3) is 2.48. The Bertz CT molecular complexity index is 632. The van der Waals surface area contributed by atoms with Gasteiger partial charge < -0.3 is 19.2 Å². The predicted molar refractivity (Wildman–Crippen MR) is 92.6 cm³/mol. The number of aliphatic hydroxyl groups excluding tert-OH is 1. The van der Waals surface area contributed by atoms with Crippen LogP contribution in [0.25, 0.3) is 0 Å². The highest BCUT2D eigenvalue weighted by Crippen LogP contribution is 2.40. The Kier molecular flexibility index (Phi) is 3.73. The van der Waals surface area contributed by atoms with Crippen LogP contribution in [0.2, 0.25) is 0 Å². The van der Waals surface area contributed by atoms with Crippen molar-refractivity contribution < 1.29 is 19.2 Å². The molecule has 130 valence electrons. The Hall–Kier alpha value is -1.08. The summed E-state index contributed by atoms with van der Waals surface area (Å²) in [6, 6.07) is 6.40. The minimum absolute atomic E-state index is 0.208. The highest BCUT2D eigenvalue weighted by atomic mass is 16.7. The average Bonchev–Trinajstić information content (AvgIpc) is 3.15. The fourth-order valence-corrected chi connectivity index (χ4v) is 3.76. The average molecular weight is 331 g/mol. The van der Waals surface area contributed by atoms with Gasteiger partial charge in [-0.2, -0.15) is 0 Å². The van der Waals surface area contributed by atoms with E-state index in [2.05, 4.69) is 38.7 Å². The Morgan fingerprint density at radius 3 is 2.50 bits per heavy atom. The molecule has 3 aliphatic heterocycles. The van der Waals surface area contributed by atoms with E-state index in [-0.39, 0.29) is 23.3 Å². The highest BCUT2D eigenvalue weighted by molar-refractivity contribution is 6.63. The molecule has 0 radical (unpaired) electrons. The van der Waals surface area contributed by atoms with Gasteiger partial charge in [-0.1, -0.05) is 18.2 Å². The lowest BCUT2D eigenvalue weighted by molar-refractivity contribution is 0.00578. The number of nitrogens with zero attached hydrogens (tertiary/aromatic N) is 1. The smallest absolute Gasteiger partial charge is 0.492 e. The SMILES string of the molecule is CC1(C)OB(c2cccc3c2OCC3N2CCC(O)C2)OC1(C)C. The van der Waals surface area contributed by atoms with E-state index >= 15 is 0 Å². The second-order valence-corrected chi connectivity index (χ2v) is 8.12. The third-order valence-electron chi connectivity index (χ3n) is 5.96. The molecule has 2 fully saturated rings. The molecule has 4 rings (SSSR count). The van der Waals surface area contributed by atoms with Gasteiger partial charge in [-0.3, -0.25) is 4.90 Å². The number of para-hydroxylation sites is 1. The molecule has 24 heavy (non-hydrogen) atoms. The van der Waals surface area contributed by atoms with Gasteiger partial charge in [0.25, 0.3) is 0 Å². The number of rotatable bonds is 2. The number of ether oxygens (including phenoxy) is 1. The number of β-amino-alcohol motifs (C(OH)–C–C–N with tert-alkyl or cyclic N) is 1. The van der Waals surface area contributed by atoms with E-state index in [1.165, 1.54) is 5.56 Å². The van der Waals surface area contributed by atoms with Crippen LogP contribution in [0.5, 0.6) is 5.75 Å². The third-order valence-corrected chi connectivity index (χ3v) is 5.96. The van der Waals surface area contributed by atoms with Crippen LogP contribution in [-0.4, -0.2) is 54.1 Å². The highest BCUT2D eigenvalue weighted by Gasteiger charge is 2.53. The van der Waals surface area contributed by atoms with Crippen LogP contribution in [0.4, 0.5) is 0 Å². The van der Waals surface area contributed by atoms with E-state index in [4.69, 9.17) is 14.0 Å². The molecule has 0 aliphatic carbocycles. The number of likely N-dealkylation sites (tertiary alicyclic amines) is 1. The Labute approximate surface area is 144 Å². The molecule has 2 atom stereocenters. The van der Waals surface area contributed by atoms with Crippen molar-refractivity contribution in [1.29, 1.82) is 0 Å². The van der Waals surface area contributed by atoms with Crippen LogP contribution in [0.1, 0.15) is 45.7 Å². The molecule has 1 aromatic carbocycles. The van der Waals surface area contributed by atoms with Gasteiger partial charge in [0.1, 0.15) is 12.4 Å². The summed E-state index contributed by atoms with van der Waals surface area (Å²) in [6.07, 6.45) is 0.614. The molecule has 5 nitrogen and oxygen atoms in total. The topological polar surface area (TPSA) is 51.2 Å². The molecule has 3 aliphatic rings. The van der Waals surface area contributed by atoms with E-state index in [9.17, 15) is 5.11 Å². The molecular formula is C18H26BNO4. The molecule has 0 aromatic heterocycles. The minimum atomic E-state index is -0.409. The Morgan fingerprint density at radius 2 is 1.88 bits per heavy atom. The summed E-state index contributed by atoms with van der Waals surface area (Å²) >= 11 is 0. The van der Waals surface area contributed by atoms with Crippen LogP contribution >= 0.6 is 0 Å². The van der Waals surface area contributed by atoms with Crippen molar-refractivity contribution in [3.8, 4) is 5.75 Å². The molecule has 0 saturated carbocycles. The first kappa shape index (κ1) is 16.4. The van der Waals surface area contributed by atoms with Crippen LogP contribution in [0, 0.1) is 0 Å². The van der Waals surface area contributed by atoms with Gasteiger partial charge in [0, 0.05) is 24.1 Å². The van der Waals surface area contributed by atoms with Gasteiger partial charge in [-0.15, -0.1) is 0 Å². The van der Waals surface area contributed by atoms with Crippen LogP contribution < -0.4 is 10.2 Å². The normalized spacial score (nSPS) is 31.3. The van der Waals surface area contributed by atoms with Crippen LogP contribution in [-0.2, 0) is 9.31 Å². The maximum absolute atomic E-state index is 9.83. The van der Waals surface area contributed by atoms with Gasteiger partial charge in [-0.05, 0) is 34.1 Å². The zero-order valence-corrected chi connectivity index (χ0v) is 14.9. The fraction of sp³-hybridized carbons (Fsp3) is 0.667. The molecule has 2 saturated heterocycles. The summed E-state index contributed by atoms with van der Waals surface area (Å²) in [7, 11) is -0.409. The fourth-order valence-electron chi connectivity index (χ4n) is 3.76. The minimum Gasteiger partial charge on any atom is -0.492 e. The molecule has 0 amide bonds. The summed E-state index contributed by atoms with van der Waals surface area (Å²) in [4.78, 5) is 2.31. The standard InChI is InChI=1S/C18H26BNO4/c1-17(2)18(3,4)24-19(23-17)14-7-5-6-13-15(11-22-16(13)14)20-9-8-12(21)10-20/h5-7,12,15,21H,8-11H2,1-4H3. The number of hydrogen-bond donors (Lipinski definition) is 1. The largest absolute Gasteiger partial charge is 0.498 e. The van der Waals surface area contributed by atoms with Gasteiger partial charge >= 0.3 is 7.12 Å². The van der Waals surface area contributed by atoms with Crippen molar-refractivity contribution in [3.05, 3.63) is 23.8 Å². The summed E-state index contributed by atoms with van der Waals surface area (Å²) in [5, 5.41) is 9.83. The Balaban J connectivity index is 1.63. The molecular weight excluding hydrogens is 305 g/mol. The van der Waals surface area contributed by atoms with Crippen LogP contribution in [0.3, 0.4) is 0 Å². The monoisotopic (exact) mass is 331 g/mol. The Morgan fingerprint density at radius 1 is 1.17 bits per heavy atom. The quantitative estimate of drug-likeness (QED) is 0.832. The van der Waals surface area contributed by atoms with Crippen molar-refractivity contribution in [1.82, 2.24) is 4.90 Å². The second-order valence-electron chi connectivity index (χ2n) is 8.12. The second kappa shape index (κ2) is 5.46. The molecule has 1 aromatic rings. The first-order chi connectivity index (χ1) is 11.3. The van der Waals surface area contributed by atoms with Crippen LogP contribution in [0.15, 0.2) is 18.2 Å². The van der Waals surface area contributed by atoms with Crippen molar-refractivity contribution in [2.45, 2.75) is 57.5 Å². The first-order valence-electron chi connectivity index (χ1n) is 8.82. The van der Waals surface area contributed by atoms with E-state index < -0.39 is 7.12 Å². The molecule has 0 spiro atoms. The zero-order chi connectivity index (χ0) is 17.1. The van der Waals surface area contributed by atoms with Gasteiger partial charge in [0.2, 0.25) is 0 Å². The molecule has 0 bridgehead atoms. The predicted octanol–water partition coefficient (Wildman–Crippen LogP) is 1.49. The van der Waals surface area contributed by atoms with Crippen molar-refractivity contribution in [2.24, 2.45) is 0 Å². The first-order valence-corrected chi connectivity index (χ1v) is 8.82. The zero-order valence-electron chi connectivity index (χ0n) is 14.9. The number of benzene rings is 1. The lowest BCUT2D eigenvalue weighted by Gasteiger charge is -2.32. The van der Waals surface area contributed by atoms with Crippen molar-refractivity contribution in [3.63, 3.8) is 0 Å². The molecule has 2 unspecified atom stereocenters. The van der Waals surface area contributed by atoms with Gasteiger partial charge in [0.15, 0.2) is 0 Å². The lowest BCUT2D eigenvalue weighted by atomic mass is 9.77. The van der Waals surface area contributed by atoms with Crippen molar-refractivity contribution in [2.75, 3.05) is 19.7 Å². The molecule has 3 heterocycles. The summed E-state index contributed by atoms with van der Waals surface area (Å²) in [5.41, 5.74) is 1.42. The van der Waals surface area contributed by atoms with E-state index in [0.717, 1.165) is 24.2 Å². The van der Waals surface area contributed by atoms with E-state index in [1.54, 1.807) is 0 Å². The molecule has 1 N–H and O–H groups in total. The molecule has 6 heteroatoms. The van der Waals surface area contributed by atoms with Gasteiger partial charge in [0.05, 0.1) is 23.3 Å². The lowest BCUT2D eigenvalue weighted by Crippen LogP contribution is -2.41. The summed E-state index contributed by atoms with van der Waals surface area (Å²) in [6.45, 7) is 10.5. The maximum Gasteiger partial charge on any atom is 0.498 e.